The lowest BCUT2D eigenvalue weighted by molar-refractivity contribution is -0.136. The van der Waals surface area contributed by atoms with Crippen molar-refractivity contribution < 1.29 is 13.9 Å². The Morgan fingerprint density at radius 3 is 2.25 bits per heavy atom. The van der Waals surface area contributed by atoms with Crippen molar-refractivity contribution in [2.45, 2.75) is 26.9 Å². The van der Waals surface area contributed by atoms with Crippen molar-refractivity contribution in [2.24, 2.45) is 0 Å². The molecule has 0 saturated heterocycles. The molecule has 24 heavy (non-hydrogen) atoms. The van der Waals surface area contributed by atoms with Crippen LogP contribution in [0.4, 0.5) is 0 Å². The highest BCUT2D eigenvalue weighted by Crippen LogP contribution is 2.52. The number of aryl methyl sites for hydroxylation is 1. The van der Waals surface area contributed by atoms with Gasteiger partial charge in [-0.1, -0.05) is 69.6 Å². The summed E-state index contributed by atoms with van der Waals surface area (Å²) in [4.78, 5) is 11.6. The van der Waals surface area contributed by atoms with E-state index in [4.69, 9.17) is 83.5 Å². The zero-order valence-electron chi connectivity index (χ0n) is 11.8. The first kappa shape index (κ1) is 18.7. The summed E-state index contributed by atoms with van der Waals surface area (Å²) in [5.74, 6) is 0.232. The third-order valence-corrected chi connectivity index (χ3v) is 4.55. The Morgan fingerprint density at radius 2 is 1.67 bits per heavy atom. The molecule has 1 aliphatic rings. The molecular formula is C14H8Cl6O4. The van der Waals surface area contributed by atoms with E-state index in [2.05, 4.69) is 0 Å². The molecule has 0 fully saturated rings. The van der Waals surface area contributed by atoms with Crippen LogP contribution in [0.3, 0.4) is 0 Å². The number of fused-ring (bicyclic) bond motifs is 2. The van der Waals surface area contributed by atoms with Crippen LogP contribution in [0.15, 0.2) is 27.4 Å². The van der Waals surface area contributed by atoms with E-state index in [1.165, 1.54) is 12.1 Å². The number of hydrogen-bond donors (Lipinski definition) is 0. The molecule has 0 amide bonds. The Kier molecular flexibility index (Phi) is 4.89. The fourth-order valence-corrected chi connectivity index (χ4v) is 3.20. The molecule has 2 atom stereocenters. The Hall–Kier alpha value is -0.0700. The standard InChI is InChI=1S/C14H8Cl6O4/c1-5-2-10(21)22-8-4-9-7(3-6(5)8)11(13(15,16)17)24-12(23-9)14(18,19)20/h2-4,11-12H,1H3. The molecule has 0 aliphatic carbocycles. The number of benzene rings is 1. The van der Waals surface area contributed by atoms with Crippen LogP contribution in [0, 0.1) is 6.92 Å². The van der Waals surface area contributed by atoms with E-state index in [1.54, 1.807) is 13.0 Å². The van der Waals surface area contributed by atoms with Crippen LogP contribution in [0.2, 0.25) is 0 Å². The van der Waals surface area contributed by atoms with Gasteiger partial charge in [0.25, 0.3) is 3.79 Å². The minimum Gasteiger partial charge on any atom is -0.460 e. The van der Waals surface area contributed by atoms with Gasteiger partial charge < -0.3 is 13.9 Å². The second-order valence-electron chi connectivity index (χ2n) is 5.18. The van der Waals surface area contributed by atoms with Gasteiger partial charge in [0.15, 0.2) is 0 Å². The fraction of sp³-hybridized carbons (Fsp3) is 0.357. The minimum absolute atomic E-state index is 0.232. The Labute approximate surface area is 166 Å². The summed E-state index contributed by atoms with van der Waals surface area (Å²) < 4.78 is 12.5. The molecule has 1 aromatic carbocycles. The van der Waals surface area contributed by atoms with E-state index in [9.17, 15) is 4.79 Å². The van der Waals surface area contributed by atoms with Crippen molar-refractivity contribution in [3.8, 4) is 5.75 Å². The molecule has 0 bridgehead atoms. The summed E-state index contributed by atoms with van der Waals surface area (Å²) in [6.07, 6.45) is -2.37. The molecule has 1 aromatic heterocycles. The predicted molar refractivity (Wildman–Crippen MR) is 96.0 cm³/mol. The van der Waals surface area contributed by atoms with Gasteiger partial charge in [-0.25, -0.2) is 4.79 Å². The van der Waals surface area contributed by atoms with Gasteiger partial charge in [-0.2, -0.15) is 0 Å². The van der Waals surface area contributed by atoms with E-state index < -0.39 is 25.6 Å². The fourth-order valence-electron chi connectivity index (χ4n) is 2.41. The van der Waals surface area contributed by atoms with E-state index in [-0.39, 0.29) is 5.75 Å². The molecule has 2 aromatic rings. The molecule has 0 spiro atoms. The monoisotopic (exact) mass is 450 g/mol. The van der Waals surface area contributed by atoms with Gasteiger partial charge in [0, 0.05) is 23.1 Å². The van der Waals surface area contributed by atoms with Crippen molar-refractivity contribution in [3.05, 3.63) is 39.7 Å². The molecular weight excluding hydrogens is 445 g/mol. The summed E-state index contributed by atoms with van der Waals surface area (Å²) >= 11 is 35.6. The van der Waals surface area contributed by atoms with Crippen LogP contribution in [0.1, 0.15) is 17.2 Å². The number of ether oxygens (including phenoxy) is 2. The lowest BCUT2D eigenvalue weighted by atomic mass is 10.0. The lowest BCUT2D eigenvalue weighted by Crippen LogP contribution is -2.42. The van der Waals surface area contributed by atoms with Gasteiger partial charge in [0.05, 0.1) is 0 Å². The number of alkyl halides is 6. The van der Waals surface area contributed by atoms with Crippen molar-refractivity contribution in [3.63, 3.8) is 0 Å². The van der Waals surface area contributed by atoms with E-state index in [1.807, 2.05) is 0 Å². The van der Waals surface area contributed by atoms with Gasteiger partial charge in [-0.3, -0.25) is 0 Å². The van der Waals surface area contributed by atoms with Gasteiger partial charge in [0.1, 0.15) is 17.4 Å². The number of hydrogen-bond acceptors (Lipinski definition) is 4. The molecule has 1 aliphatic heterocycles. The van der Waals surface area contributed by atoms with Gasteiger partial charge in [-0.05, 0) is 18.6 Å². The average molecular weight is 453 g/mol. The highest BCUT2D eigenvalue weighted by atomic mass is 35.6. The summed E-state index contributed by atoms with van der Waals surface area (Å²) in [5, 5.41) is 0.645. The van der Waals surface area contributed by atoms with Crippen molar-refractivity contribution in [1.82, 2.24) is 0 Å². The van der Waals surface area contributed by atoms with E-state index in [0.29, 0.717) is 22.1 Å². The Bertz CT molecular complexity index is 851. The van der Waals surface area contributed by atoms with Crippen LogP contribution in [-0.4, -0.2) is 13.9 Å². The third kappa shape index (κ3) is 3.56. The summed E-state index contributed by atoms with van der Waals surface area (Å²) in [6.45, 7) is 1.75. The molecule has 2 unspecified atom stereocenters. The predicted octanol–water partition coefficient (Wildman–Crippen LogP) is 5.62. The molecule has 0 N–H and O–H groups in total. The number of halogens is 6. The molecule has 4 nitrogen and oxygen atoms in total. The van der Waals surface area contributed by atoms with Gasteiger partial charge in [0.2, 0.25) is 10.1 Å². The van der Waals surface area contributed by atoms with E-state index in [0.717, 1.165) is 0 Å². The third-order valence-electron chi connectivity index (χ3n) is 3.42. The smallest absolute Gasteiger partial charge is 0.336 e. The number of rotatable bonds is 0. The summed E-state index contributed by atoms with van der Waals surface area (Å²) in [6, 6.07) is 4.49. The average Bonchev–Trinajstić information content (AvgIpc) is 2.42. The molecule has 0 saturated carbocycles. The van der Waals surface area contributed by atoms with Crippen LogP contribution in [0.25, 0.3) is 11.0 Å². The normalized spacial score (nSPS) is 21.5. The largest absolute Gasteiger partial charge is 0.460 e. The van der Waals surface area contributed by atoms with Crippen molar-refractivity contribution >= 4 is 80.6 Å². The molecule has 2 heterocycles. The van der Waals surface area contributed by atoms with Crippen LogP contribution >= 0.6 is 69.6 Å². The Balaban J connectivity index is 2.24. The zero-order valence-corrected chi connectivity index (χ0v) is 16.3. The zero-order chi connectivity index (χ0) is 17.9. The highest BCUT2D eigenvalue weighted by molar-refractivity contribution is 6.68. The van der Waals surface area contributed by atoms with E-state index >= 15 is 0 Å². The maximum Gasteiger partial charge on any atom is 0.336 e. The first-order valence-electron chi connectivity index (χ1n) is 6.51. The maximum atomic E-state index is 11.6. The quantitative estimate of drug-likeness (QED) is 0.384. The Morgan fingerprint density at radius 1 is 1.00 bits per heavy atom. The SMILES string of the molecule is Cc1cc(=O)oc2cc3c(cc12)C(C(Cl)(Cl)Cl)OC(C(Cl)(Cl)Cl)O3. The lowest BCUT2D eigenvalue weighted by Gasteiger charge is -2.38. The minimum atomic E-state index is -1.92. The van der Waals surface area contributed by atoms with Gasteiger partial charge >= 0.3 is 5.63 Å². The highest BCUT2D eigenvalue weighted by Gasteiger charge is 2.48. The summed E-state index contributed by atoms with van der Waals surface area (Å²) in [5.41, 5.74) is 0.926. The topological polar surface area (TPSA) is 48.7 Å². The van der Waals surface area contributed by atoms with Crippen LogP contribution < -0.4 is 10.4 Å². The second-order valence-corrected chi connectivity index (χ2v) is 9.92. The van der Waals surface area contributed by atoms with Crippen LogP contribution in [0.5, 0.6) is 5.75 Å². The second kappa shape index (κ2) is 6.27. The van der Waals surface area contributed by atoms with Crippen molar-refractivity contribution in [2.75, 3.05) is 0 Å². The summed E-state index contributed by atoms with van der Waals surface area (Å²) in [7, 11) is 0. The molecule has 130 valence electrons. The van der Waals surface area contributed by atoms with Crippen LogP contribution in [-0.2, 0) is 4.74 Å². The van der Waals surface area contributed by atoms with Gasteiger partial charge in [-0.15, -0.1) is 0 Å². The maximum absolute atomic E-state index is 11.6. The first-order valence-corrected chi connectivity index (χ1v) is 8.77. The molecule has 0 radical (unpaired) electrons. The first-order chi connectivity index (χ1) is 11.0. The molecule has 3 rings (SSSR count). The molecule has 10 heteroatoms. The van der Waals surface area contributed by atoms with Crippen molar-refractivity contribution in [1.29, 1.82) is 0 Å².